The average molecular weight is 450 g/mol. The maximum atomic E-state index is 12.3. The molecule has 0 aliphatic heterocycles. The van der Waals surface area contributed by atoms with Gasteiger partial charge in [0.25, 0.3) is 22.6 Å². The van der Waals surface area contributed by atoms with Gasteiger partial charge >= 0.3 is 0 Å². The van der Waals surface area contributed by atoms with E-state index in [1.54, 1.807) is 0 Å². The van der Waals surface area contributed by atoms with Gasteiger partial charge in [-0.15, -0.1) is 0 Å². The van der Waals surface area contributed by atoms with Gasteiger partial charge in [-0.05, 0) is 47.7 Å². The predicted molar refractivity (Wildman–Crippen MR) is 84.2 cm³/mol. The first kappa shape index (κ1) is 20.1. The first-order valence-electron chi connectivity index (χ1n) is 7.05. The molecule has 0 fully saturated rings. The Morgan fingerprint density at radius 1 is 1.13 bits per heavy atom. The fraction of sp³-hybridized carbons (Fsp3) is 0.294. The van der Waals surface area contributed by atoms with Crippen molar-refractivity contribution in [1.82, 2.24) is 0 Å². The van der Waals surface area contributed by atoms with Crippen LogP contribution in [0.2, 0.25) is 0 Å². The molecule has 0 saturated heterocycles. The second-order valence-corrected chi connectivity index (χ2v) is 8.40. The van der Waals surface area contributed by atoms with Crippen molar-refractivity contribution in [3.05, 3.63) is 63.5 Å². The van der Waals surface area contributed by atoms with Crippen LogP contribution in [0.25, 0.3) is 0 Å². The maximum absolute atomic E-state index is 12.3. The van der Waals surface area contributed by atoms with Crippen molar-refractivity contribution in [2.24, 2.45) is 0 Å². The van der Waals surface area contributed by atoms with Crippen LogP contribution in [-0.2, 0) is 15.5 Å². The molecular weight excluding hydrogens is 430 g/mol. The van der Waals surface area contributed by atoms with Gasteiger partial charge in [0, 0.05) is 0 Å². The number of hydrogen-bond acceptors (Lipinski definition) is 3. The van der Waals surface area contributed by atoms with E-state index in [0.29, 0.717) is 11.5 Å². The van der Waals surface area contributed by atoms with E-state index in [-0.39, 0.29) is 0 Å². The van der Waals surface area contributed by atoms with E-state index in [1.165, 1.54) is 21.6 Å². The zero-order valence-corrected chi connectivity index (χ0v) is 16.4. The Hall–Kier alpha value is -0.990. The molecule has 0 N–H and O–H groups in total. The van der Waals surface area contributed by atoms with Crippen LogP contribution in [0.5, 0.6) is 0 Å². The molecule has 0 spiro atoms. The van der Waals surface area contributed by atoms with Crippen LogP contribution in [0.15, 0.2) is 53.4 Å². The lowest BCUT2D eigenvalue weighted by molar-refractivity contribution is -0.328. The van der Waals surface area contributed by atoms with Crippen LogP contribution >= 0.6 is 0 Å². The van der Waals surface area contributed by atoms with Crippen molar-refractivity contribution in [2.45, 2.75) is 37.5 Å². The summed E-state index contributed by atoms with van der Waals surface area (Å²) >= 11 is 2.06. The van der Waals surface area contributed by atoms with Gasteiger partial charge in [-0.3, -0.25) is 0 Å². The minimum Gasteiger partial charge on any atom is -0.744 e. The number of benzene rings is 2. The minimum absolute atomic E-state index is 0.328. The molecule has 0 aromatic heterocycles. The molecule has 0 amide bonds. The average Bonchev–Trinajstić information content (AvgIpc) is 2.47. The monoisotopic (exact) mass is 450 g/mol. The number of halogens is 2. The summed E-state index contributed by atoms with van der Waals surface area (Å²) in [7, 11) is -4.52. The van der Waals surface area contributed by atoms with E-state index < -0.39 is 20.8 Å². The standard InChI is InChI=1S/C11H16I.C6H5FO3S/c1-4-11(2,3)9-5-7-10(12)8-6-9;7-5-2-1-3-6(4-5)11(8,9)10/h5-8,12H,4H2,1-3H3;1-4H,(H,8,9,10)/q+1;/p-1. The third kappa shape index (κ3) is 6.56. The van der Waals surface area contributed by atoms with E-state index in [1.807, 2.05) is 0 Å². The smallest absolute Gasteiger partial charge is 0.296 e. The molecule has 23 heavy (non-hydrogen) atoms. The second-order valence-electron chi connectivity index (χ2n) is 5.67. The minimum atomic E-state index is -4.52. The zero-order valence-electron chi connectivity index (χ0n) is 13.2. The lowest BCUT2D eigenvalue weighted by atomic mass is 9.82. The van der Waals surface area contributed by atoms with Gasteiger partial charge in [-0.25, -0.2) is 12.8 Å². The fourth-order valence-electron chi connectivity index (χ4n) is 1.73. The Bertz CT molecular complexity index is 741. The van der Waals surface area contributed by atoms with Crippen LogP contribution < -0.4 is 22.6 Å². The van der Waals surface area contributed by atoms with E-state index >= 15 is 0 Å². The number of hydrogen-bond donors (Lipinski definition) is 0. The highest BCUT2D eigenvalue weighted by Crippen LogP contribution is 2.25. The molecule has 0 bridgehead atoms. The van der Waals surface area contributed by atoms with Crippen LogP contribution in [0.4, 0.5) is 4.39 Å². The molecule has 0 aliphatic rings. The van der Waals surface area contributed by atoms with Gasteiger partial charge in [-0.1, -0.05) is 39.0 Å². The summed E-state index contributed by atoms with van der Waals surface area (Å²) in [4.78, 5) is -0.544. The molecule has 0 atom stereocenters. The lowest BCUT2D eigenvalue weighted by Crippen LogP contribution is -3.34. The van der Waals surface area contributed by atoms with Crippen LogP contribution in [-0.4, -0.2) is 13.0 Å². The largest absolute Gasteiger partial charge is 0.744 e. The van der Waals surface area contributed by atoms with Gasteiger partial charge < -0.3 is 4.55 Å². The summed E-state index contributed by atoms with van der Waals surface area (Å²) in [5.41, 5.74) is 1.77. The molecule has 0 unspecified atom stereocenters. The van der Waals surface area contributed by atoms with Crippen LogP contribution in [0.3, 0.4) is 0 Å². The summed E-state index contributed by atoms with van der Waals surface area (Å²) in [6.45, 7) is 6.82. The normalized spacial score (nSPS) is 11.6. The van der Waals surface area contributed by atoms with Crippen molar-refractivity contribution in [1.29, 1.82) is 0 Å². The van der Waals surface area contributed by atoms with Crippen molar-refractivity contribution < 1.29 is 40.0 Å². The molecule has 0 saturated carbocycles. The van der Waals surface area contributed by atoms with Crippen LogP contribution in [0.1, 0.15) is 32.8 Å². The molecule has 2 aromatic rings. The Kier molecular flexibility index (Phi) is 7.16. The van der Waals surface area contributed by atoms with Crippen molar-refractivity contribution in [2.75, 3.05) is 0 Å². The topological polar surface area (TPSA) is 57.2 Å². The molecule has 0 radical (unpaired) electrons. The summed E-state index contributed by atoms with van der Waals surface area (Å²) < 4.78 is 44.4. The highest BCUT2D eigenvalue weighted by molar-refractivity contribution is 7.85. The number of rotatable bonds is 3. The SMILES string of the molecule is CCC(C)(C)c1ccc([IH+])cc1.O=S(=O)([O-])c1cccc(F)c1. The lowest BCUT2D eigenvalue weighted by Gasteiger charge is -2.22. The Labute approximate surface area is 150 Å². The summed E-state index contributed by atoms with van der Waals surface area (Å²) in [5.74, 6) is -0.734. The molecule has 3 nitrogen and oxygen atoms in total. The van der Waals surface area contributed by atoms with Gasteiger partial charge in [0.1, 0.15) is 15.9 Å². The van der Waals surface area contributed by atoms with Gasteiger partial charge in [0.05, 0.1) is 4.90 Å². The van der Waals surface area contributed by atoms with E-state index in [2.05, 4.69) is 67.6 Å². The Morgan fingerprint density at radius 3 is 2.09 bits per heavy atom. The van der Waals surface area contributed by atoms with E-state index in [0.717, 1.165) is 12.1 Å². The Morgan fingerprint density at radius 2 is 1.70 bits per heavy atom. The molecule has 6 heteroatoms. The fourth-order valence-corrected chi connectivity index (χ4v) is 2.62. The molecule has 2 rings (SSSR count). The van der Waals surface area contributed by atoms with Crippen molar-refractivity contribution in [3.8, 4) is 0 Å². The zero-order chi connectivity index (χ0) is 17.7. The van der Waals surface area contributed by atoms with Gasteiger partial charge in [-0.2, -0.15) is 0 Å². The first-order chi connectivity index (χ1) is 10.6. The highest BCUT2D eigenvalue weighted by Gasteiger charge is 2.17. The van der Waals surface area contributed by atoms with Crippen LogP contribution in [0, 0.1) is 9.39 Å². The summed E-state index contributed by atoms with van der Waals surface area (Å²) in [6, 6.07) is 12.8. The maximum Gasteiger partial charge on any atom is 0.296 e. The quantitative estimate of drug-likeness (QED) is 0.508. The molecule has 126 valence electrons. The summed E-state index contributed by atoms with van der Waals surface area (Å²) in [5, 5.41) is 0. The third-order valence-electron chi connectivity index (χ3n) is 3.60. The van der Waals surface area contributed by atoms with Gasteiger partial charge in [0.2, 0.25) is 0 Å². The molecule has 2 aromatic carbocycles. The van der Waals surface area contributed by atoms with Crippen molar-refractivity contribution >= 4 is 10.1 Å². The van der Waals surface area contributed by atoms with Crippen molar-refractivity contribution in [3.63, 3.8) is 0 Å². The van der Waals surface area contributed by atoms with Gasteiger partial charge in [0.15, 0.2) is 3.57 Å². The highest BCUT2D eigenvalue weighted by atomic mass is 127. The van der Waals surface area contributed by atoms with E-state index in [4.69, 9.17) is 0 Å². The second kappa shape index (κ2) is 8.21. The Balaban J connectivity index is 0.000000231. The van der Waals surface area contributed by atoms with E-state index in [9.17, 15) is 17.4 Å². The summed E-state index contributed by atoms with van der Waals surface area (Å²) in [6.07, 6.45) is 1.19. The molecular formula is C17H20FIO3S. The first-order valence-corrected chi connectivity index (χ1v) is 9.62. The predicted octanol–water partition coefficient (Wildman–Crippen LogP) is 0.559. The third-order valence-corrected chi connectivity index (χ3v) is 5.21. The molecule has 0 heterocycles. The molecule has 0 aliphatic carbocycles.